The Morgan fingerprint density at radius 2 is 2.00 bits per heavy atom. The smallest absolute Gasteiger partial charge is 0.257 e. The SMILES string of the molecule is Cc1nn(-c2ccc(NC(=O)[C@H](O)c3cccc(F)c3)cc2F)c2c(N)ncnc12. The minimum atomic E-state index is -1.61. The molecule has 0 spiro atoms. The highest BCUT2D eigenvalue weighted by atomic mass is 19.1. The summed E-state index contributed by atoms with van der Waals surface area (Å²) in [4.78, 5) is 20.3. The summed E-state index contributed by atoms with van der Waals surface area (Å²) >= 11 is 0. The maximum atomic E-state index is 14.8. The van der Waals surface area contributed by atoms with Crippen molar-refractivity contribution in [3.05, 3.63) is 71.7 Å². The molecular weight excluding hydrogens is 394 g/mol. The van der Waals surface area contributed by atoms with Crippen LogP contribution in [0.25, 0.3) is 16.7 Å². The van der Waals surface area contributed by atoms with E-state index in [2.05, 4.69) is 20.4 Å². The van der Waals surface area contributed by atoms with Crippen molar-refractivity contribution < 1.29 is 18.7 Å². The summed E-state index contributed by atoms with van der Waals surface area (Å²) in [5, 5.41) is 16.8. The fourth-order valence-electron chi connectivity index (χ4n) is 3.08. The van der Waals surface area contributed by atoms with Crippen molar-refractivity contribution in [2.24, 2.45) is 0 Å². The number of hydrogen-bond acceptors (Lipinski definition) is 6. The van der Waals surface area contributed by atoms with Gasteiger partial charge in [0.05, 0.1) is 5.69 Å². The van der Waals surface area contributed by atoms with Gasteiger partial charge in [-0.3, -0.25) is 4.79 Å². The van der Waals surface area contributed by atoms with Crippen LogP contribution >= 0.6 is 0 Å². The molecule has 0 aliphatic heterocycles. The van der Waals surface area contributed by atoms with E-state index in [1.54, 1.807) is 6.92 Å². The van der Waals surface area contributed by atoms with E-state index in [-0.39, 0.29) is 22.8 Å². The number of amides is 1. The molecule has 10 heteroatoms. The second-order valence-corrected chi connectivity index (χ2v) is 6.57. The number of aliphatic hydroxyl groups excluding tert-OH is 1. The first kappa shape index (κ1) is 19.4. The summed E-state index contributed by atoms with van der Waals surface area (Å²) < 4.78 is 29.4. The summed E-state index contributed by atoms with van der Waals surface area (Å²) in [6, 6.07) is 8.95. The Morgan fingerprint density at radius 1 is 1.20 bits per heavy atom. The van der Waals surface area contributed by atoms with Gasteiger partial charge in [-0.15, -0.1) is 0 Å². The Labute approximate surface area is 169 Å². The number of nitrogens with two attached hydrogens (primary N) is 1. The normalized spacial score (nSPS) is 12.1. The van der Waals surface area contributed by atoms with Crippen LogP contribution in [0.4, 0.5) is 20.3 Å². The van der Waals surface area contributed by atoms with Gasteiger partial charge in [0, 0.05) is 5.69 Å². The third kappa shape index (κ3) is 3.44. The minimum absolute atomic E-state index is 0.0817. The molecule has 30 heavy (non-hydrogen) atoms. The number of aliphatic hydroxyl groups is 1. The summed E-state index contributed by atoms with van der Waals surface area (Å²) in [5.41, 5.74) is 7.59. The van der Waals surface area contributed by atoms with E-state index in [1.807, 2.05) is 0 Å². The van der Waals surface area contributed by atoms with Gasteiger partial charge in [-0.25, -0.2) is 23.4 Å². The van der Waals surface area contributed by atoms with Crippen LogP contribution in [0, 0.1) is 18.6 Å². The number of hydrogen-bond donors (Lipinski definition) is 3. The lowest BCUT2D eigenvalue weighted by Gasteiger charge is -2.13. The summed E-state index contributed by atoms with van der Waals surface area (Å²) in [7, 11) is 0. The Hall–Kier alpha value is -3.92. The molecule has 0 saturated carbocycles. The van der Waals surface area contributed by atoms with E-state index in [9.17, 15) is 18.7 Å². The molecule has 152 valence electrons. The lowest BCUT2D eigenvalue weighted by atomic mass is 10.1. The lowest BCUT2D eigenvalue weighted by molar-refractivity contribution is -0.124. The number of halogens is 2. The highest BCUT2D eigenvalue weighted by Gasteiger charge is 2.20. The average molecular weight is 410 g/mol. The monoisotopic (exact) mass is 410 g/mol. The largest absolute Gasteiger partial charge is 0.382 e. The van der Waals surface area contributed by atoms with Crippen LogP contribution in [-0.2, 0) is 4.79 Å². The first-order valence-corrected chi connectivity index (χ1v) is 8.85. The third-order valence-corrected chi connectivity index (χ3v) is 4.51. The van der Waals surface area contributed by atoms with Crippen molar-refractivity contribution in [1.29, 1.82) is 0 Å². The first-order chi connectivity index (χ1) is 14.3. The standard InChI is InChI=1S/C20H16F2N6O2/c1-10-16-17(19(23)25-9-24-16)28(27-10)15-6-5-13(8-14(15)22)26-20(30)18(29)11-3-2-4-12(21)7-11/h2-9,18,29H,1H3,(H,26,30)(H2,23,24,25)/t18-/m1/s1. The lowest BCUT2D eigenvalue weighted by Crippen LogP contribution is -2.21. The van der Waals surface area contributed by atoms with Gasteiger partial charge in [0.1, 0.15) is 28.9 Å². The molecule has 2 aromatic carbocycles. The number of benzene rings is 2. The summed E-state index contributed by atoms with van der Waals surface area (Å²) in [6.07, 6.45) is -0.312. The predicted molar refractivity (Wildman–Crippen MR) is 106 cm³/mol. The van der Waals surface area contributed by atoms with Gasteiger partial charge in [-0.1, -0.05) is 12.1 Å². The fourth-order valence-corrected chi connectivity index (χ4v) is 3.08. The van der Waals surface area contributed by atoms with Crippen LogP contribution in [-0.4, -0.2) is 30.8 Å². The molecule has 0 aliphatic rings. The van der Waals surface area contributed by atoms with Crippen molar-refractivity contribution in [2.45, 2.75) is 13.0 Å². The Balaban J connectivity index is 1.62. The van der Waals surface area contributed by atoms with Crippen molar-refractivity contribution in [3.8, 4) is 5.69 Å². The van der Waals surface area contributed by atoms with Gasteiger partial charge < -0.3 is 16.2 Å². The van der Waals surface area contributed by atoms with Gasteiger partial charge in [-0.2, -0.15) is 5.10 Å². The number of nitrogens with zero attached hydrogens (tertiary/aromatic N) is 4. The predicted octanol–water partition coefficient (Wildman–Crippen LogP) is 2.66. The number of nitrogens with one attached hydrogen (secondary N) is 1. The highest BCUT2D eigenvalue weighted by Crippen LogP contribution is 2.26. The van der Waals surface area contributed by atoms with E-state index in [4.69, 9.17) is 5.73 Å². The zero-order chi connectivity index (χ0) is 21.4. The Bertz CT molecular complexity index is 1270. The molecule has 0 aliphatic carbocycles. The van der Waals surface area contributed by atoms with Gasteiger partial charge in [-0.05, 0) is 42.8 Å². The second kappa shape index (κ2) is 7.48. The van der Waals surface area contributed by atoms with Gasteiger partial charge in [0.25, 0.3) is 5.91 Å². The number of nitrogen functional groups attached to an aromatic ring is 1. The van der Waals surface area contributed by atoms with Gasteiger partial charge in [0.15, 0.2) is 17.7 Å². The second-order valence-electron chi connectivity index (χ2n) is 6.57. The Kier molecular flexibility index (Phi) is 4.84. The van der Waals surface area contributed by atoms with Crippen molar-refractivity contribution in [3.63, 3.8) is 0 Å². The summed E-state index contributed by atoms with van der Waals surface area (Å²) in [6.45, 7) is 1.71. The van der Waals surface area contributed by atoms with Gasteiger partial charge in [0.2, 0.25) is 0 Å². The molecule has 2 heterocycles. The molecular formula is C20H16F2N6O2. The highest BCUT2D eigenvalue weighted by molar-refractivity contribution is 5.95. The number of carbonyl (C=O) groups is 1. The van der Waals surface area contributed by atoms with Crippen LogP contribution in [0.3, 0.4) is 0 Å². The zero-order valence-corrected chi connectivity index (χ0v) is 15.7. The topological polar surface area (TPSA) is 119 Å². The van der Waals surface area contributed by atoms with E-state index in [1.165, 1.54) is 41.3 Å². The summed E-state index contributed by atoms with van der Waals surface area (Å²) in [5.74, 6) is -1.96. The number of fused-ring (bicyclic) bond motifs is 1. The number of carbonyl (C=O) groups excluding carboxylic acids is 1. The Morgan fingerprint density at radius 3 is 2.73 bits per heavy atom. The molecule has 1 atom stereocenters. The molecule has 0 bridgehead atoms. The number of aromatic nitrogens is 4. The first-order valence-electron chi connectivity index (χ1n) is 8.85. The maximum absolute atomic E-state index is 14.8. The minimum Gasteiger partial charge on any atom is -0.382 e. The van der Waals surface area contributed by atoms with Crippen LogP contribution in [0.1, 0.15) is 17.4 Å². The molecule has 8 nitrogen and oxygen atoms in total. The molecule has 4 aromatic rings. The third-order valence-electron chi connectivity index (χ3n) is 4.51. The van der Waals surface area contributed by atoms with Crippen LogP contribution in [0.15, 0.2) is 48.8 Å². The van der Waals surface area contributed by atoms with Crippen LogP contribution in [0.5, 0.6) is 0 Å². The van der Waals surface area contributed by atoms with E-state index in [0.29, 0.717) is 16.7 Å². The van der Waals surface area contributed by atoms with Crippen LogP contribution < -0.4 is 11.1 Å². The van der Waals surface area contributed by atoms with Crippen molar-refractivity contribution >= 4 is 28.4 Å². The molecule has 0 saturated heterocycles. The van der Waals surface area contributed by atoms with E-state index >= 15 is 0 Å². The number of rotatable bonds is 4. The molecule has 2 aromatic heterocycles. The molecule has 1 amide bonds. The number of aryl methyl sites for hydroxylation is 1. The average Bonchev–Trinajstić information content (AvgIpc) is 3.05. The quantitative estimate of drug-likeness (QED) is 0.476. The van der Waals surface area contributed by atoms with Crippen molar-refractivity contribution in [1.82, 2.24) is 19.7 Å². The van der Waals surface area contributed by atoms with E-state index in [0.717, 1.165) is 12.1 Å². The van der Waals surface area contributed by atoms with Crippen LogP contribution in [0.2, 0.25) is 0 Å². The molecule has 0 unspecified atom stereocenters. The zero-order valence-electron chi connectivity index (χ0n) is 15.7. The molecule has 0 fully saturated rings. The van der Waals surface area contributed by atoms with Crippen molar-refractivity contribution in [2.75, 3.05) is 11.1 Å². The van der Waals surface area contributed by atoms with Gasteiger partial charge >= 0.3 is 0 Å². The molecule has 4 rings (SSSR count). The fraction of sp³-hybridized carbons (Fsp3) is 0.100. The maximum Gasteiger partial charge on any atom is 0.257 e. The van der Waals surface area contributed by atoms with E-state index < -0.39 is 23.6 Å². The molecule has 0 radical (unpaired) electrons. The number of anilines is 2. The molecule has 4 N–H and O–H groups in total.